The lowest BCUT2D eigenvalue weighted by Crippen LogP contribution is -2.33. The Balaban J connectivity index is 2.89. The fourth-order valence-corrected chi connectivity index (χ4v) is 1.94. The van der Waals surface area contributed by atoms with E-state index in [0.717, 1.165) is 0 Å². The molecule has 0 saturated carbocycles. The number of ketones is 1. The van der Waals surface area contributed by atoms with Crippen LogP contribution in [-0.4, -0.2) is 17.4 Å². The average molecular weight is 286 g/mol. The molecule has 0 N–H and O–H groups in total. The van der Waals surface area contributed by atoms with Gasteiger partial charge in [-0.1, -0.05) is 30.3 Å². The third kappa shape index (κ3) is 5.83. The van der Waals surface area contributed by atoms with Gasteiger partial charge < -0.3 is 4.74 Å². The summed E-state index contributed by atoms with van der Waals surface area (Å²) in [6, 6.07) is 8.81. The van der Waals surface area contributed by atoms with Gasteiger partial charge >= 0.3 is 5.97 Å². The van der Waals surface area contributed by atoms with Crippen LogP contribution in [0.5, 0.6) is 0 Å². The van der Waals surface area contributed by atoms with Crippen LogP contribution in [0.25, 0.3) is 0 Å². The lowest BCUT2D eigenvalue weighted by molar-refractivity contribution is -0.158. The normalized spacial score (nSPS) is 12.3. The van der Waals surface area contributed by atoms with Crippen LogP contribution >= 0.6 is 0 Å². The summed E-state index contributed by atoms with van der Waals surface area (Å²) >= 11 is 0. The van der Waals surface area contributed by atoms with Gasteiger partial charge in [0, 0.05) is 12.0 Å². The molecule has 21 heavy (non-hydrogen) atoms. The molecule has 1 unspecified atom stereocenters. The zero-order chi connectivity index (χ0) is 15.9. The second-order valence-electron chi connectivity index (χ2n) is 5.91. The molecular weight excluding hydrogens is 264 g/mol. The molecule has 1 aromatic carbocycles. The Bertz CT molecular complexity index is 518. The highest BCUT2D eigenvalue weighted by atomic mass is 16.6. The van der Waals surface area contributed by atoms with Gasteiger partial charge in [0.2, 0.25) is 0 Å². The first kappa shape index (κ1) is 17.0. The number of rotatable bonds is 6. The summed E-state index contributed by atoms with van der Waals surface area (Å²) in [7, 11) is 0. The van der Waals surface area contributed by atoms with Crippen LogP contribution in [0.3, 0.4) is 0 Å². The number of esters is 1. The highest BCUT2D eigenvalue weighted by molar-refractivity contribution is 6.08. The largest absolute Gasteiger partial charge is 0.459 e. The minimum Gasteiger partial charge on any atom is -0.459 e. The van der Waals surface area contributed by atoms with Gasteiger partial charge in [-0.15, -0.1) is 12.3 Å². The molecule has 0 amide bonds. The zero-order valence-electron chi connectivity index (χ0n) is 12.9. The standard InChI is InChI=1S/C18H22O3/c1-5-6-8-13-15(17(20)21-18(2,3)4)16(19)14-11-9-7-10-12-14/h1,7,9-12,15H,6,8,13H2,2-4H3. The number of hydrogen-bond donors (Lipinski definition) is 0. The van der Waals surface area contributed by atoms with Gasteiger partial charge in [0.15, 0.2) is 5.78 Å². The maximum absolute atomic E-state index is 12.5. The first-order chi connectivity index (χ1) is 9.85. The van der Waals surface area contributed by atoms with E-state index in [0.29, 0.717) is 24.8 Å². The lowest BCUT2D eigenvalue weighted by atomic mass is 9.92. The molecule has 112 valence electrons. The van der Waals surface area contributed by atoms with Crippen molar-refractivity contribution in [3.63, 3.8) is 0 Å². The fourth-order valence-electron chi connectivity index (χ4n) is 1.94. The molecule has 1 rings (SSSR count). The van der Waals surface area contributed by atoms with Gasteiger partial charge in [0.05, 0.1) is 0 Å². The summed E-state index contributed by atoms with van der Waals surface area (Å²) in [5.74, 6) is 1.05. The summed E-state index contributed by atoms with van der Waals surface area (Å²) < 4.78 is 5.36. The molecule has 0 aliphatic carbocycles. The van der Waals surface area contributed by atoms with Crippen LogP contribution in [0.2, 0.25) is 0 Å². The van der Waals surface area contributed by atoms with E-state index in [4.69, 9.17) is 11.2 Å². The van der Waals surface area contributed by atoms with Gasteiger partial charge in [-0.3, -0.25) is 9.59 Å². The van der Waals surface area contributed by atoms with Gasteiger partial charge in [-0.25, -0.2) is 0 Å². The van der Waals surface area contributed by atoms with Crippen molar-refractivity contribution in [2.45, 2.75) is 45.6 Å². The summed E-state index contributed by atoms with van der Waals surface area (Å²) in [5, 5.41) is 0. The molecule has 3 heteroatoms. The van der Waals surface area contributed by atoms with Crippen molar-refractivity contribution < 1.29 is 14.3 Å². The Morgan fingerprint density at radius 3 is 2.38 bits per heavy atom. The number of carbonyl (C=O) groups excluding carboxylic acids is 2. The molecule has 0 spiro atoms. The molecule has 0 heterocycles. The smallest absolute Gasteiger partial charge is 0.317 e. The van der Waals surface area contributed by atoms with Crippen molar-refractivity contribution in [3.8, 4) is 12.3 Å². The van der Waals surface area contributed by atoms with E-state index in [-0.39, 0.29) is 5.78 Å². The second kappa shape index (κ2) is 7.64. The average Bonchev–Trinajstić information content (AvgIpc) is 2.42. The lowest BCUT2D eigenvalue weighted by Gasteiger charge is -2.23. The van der Waals surface area contributed by atoms with Gasteiger partial charge in [-0.05, 0) is 33.6 Å². The first-order valence-corrected chi connectivity index (χ1v) is 7.11. The van der Waals surface area contributed by atoms with Crippen LogP contribution < -0.4 is 0 Å². The number of ether oxygens (including phenoxy) is 1. The number of benzene rings is 1. The fraction of sp³-hybridized carbons (Fsp3) is 0.444. The predicted octanol–water partition coefficient (Wildman–Crippen LogP) is 3.63. The van der Waals surface area contributed by atoms with E-state index < -0.39 is 17.5 Å². The SMILES string of the molecule is C#CCCCC(C(=O)OC(C)(C)C)C(=O)c1ccccc1. The summed E-state index contributed by atoms with van der Waals surface area (Å²) in [5.41, 5.74) is -0.0904. The predicted molar refractivity (Wildman–Crippen MR) is 82.8 cm³/mol. The van der Waals surface area contributed by atoms with Crippen molar-refractivity contribution in [2.24, 2.45) is 5.92 Å². The van der Waals surface area contributed by atoms with Gasteiger partial charge in [-0.2, -0.15) is 0 Å². The summed E-state index contributed by atoms with van der Waals surface area (Å²) in [6.45, 7) is 5.36. The molecule has 0 fully saturated rings. The van der Waals surface area contributed by atoms with Crippen molar-refractivity contribution in [3.05, 3.63) is 35.9 Å². The number of hydrogen-bond acceptors (Lipinski definition) is 3. The third-order valence-corrected chi connectivity index (χ3v) is 2.88. The van der Waals surface area contributed by atoms with Crippen molar-refractivity contribution in [2.75, 3.05) is 0 Å². The Hall–Kier alpha value is -2.08. The van der Waals surface area contributed by atoms with Crippen LogP contribution in [0.15, 0.2) is 30.3 Å². The van der Waals surface area contributed by atoms with Crippen LogP contribution in [0.4, 0.5) is 0 Å². The van der Waals surface area contributed by atoms with E-state index in [1.807, 2.05) is 6.07 Å². The van der Waals surface area contributed by atoms with E-state index in [1.165, 1.54) is 0 Å². The van der Waals surface area contributed by atoms with Crippen LogP contribution in [0.1, 0.15) is 50.4 Å². The van der Waals surface area contributed by atoms with Crippen molar-refractivity contribution in [1.82, 2.24) is 0 Å². The maximum Gasteiger partial charge on any atom is 0.317 e. The Morgan fingerprint density at radius 2 is 1.86 bits per heavy atom. The van der Waals surface area contributed by atoms with E-state index >= 15 is 0 Å². The number of carbonyl (C=O) groups is 2. The van der Waals surface area contributed by atoms with Crippen LogP contribution in [0, 0.1) is 18.3 Å². The molecule has 1 aromatic rings. The van der Waals surface area contributed by atoms with Gasteiger partial charge in [0.1, 0.15) is 11.5 Å². The Labute approximate surface area is 126 Å². The molecular formula is C18H22O3. The highest BCUT2D eigenvalue weighted by Crippen LogP contribution is 2.20. The van der Waals surface area contributed by atoms with Crippen LogP contribution in [-0.2, 0) is 9.53 Å². The molecule has 0 radical (unpaired) electrons. The van der Waals surface area contributed by atoms with Crippen molar-refractivity contribution in [1.29, 1.82) is 0 Å². The minimum atomic E-state index is -0.792. The van der Waals surface area contributed by atoms with Gasteiger partial charge in [0.25, 0.3) is 0 Å². The first-order valence-electron chi connectivity index (χ1n) is 7.11. The molecule has 1 atom stereocenters. The Kier molecular flexibility index (Phi) is 6.17. The second-order valence-corrected chi connectivity index (χ2v) is 5.91. The molecule has 0 aliphatic heterocycles. The molecule has 0 bridgehead atoms. The molecule has 0 aliphatic rings. The minimum absolute atomic E-state index is 0.207. The van der Waals surface area contributed by atoms with E-state index in [2.05, 4.69) is 5.92 Å². The maximum atomic E-state index is 12.5. The quantitative estimate of drug-likeness (QED) is 0.264. The molecule has 3 nitrogen and oxygen atoms in total. The molecule has 0 aromatic heterocycles. The zero-order valence-corrected chi connectivity index (χ0v) is 12.9. The topological polar surface area (TPSA) is 43.4 Å². The van der Waals surface area contributed by atoms with Crippen molar-refractivity contribution >= 4 is 11.8 Å². The monoisotopic (exact) mass is 286 g/mol. The summed E-state index contributed by atoms with van der Waals surface area (Å²) in [4.78, 5) is 24.8. The third-order valence-electron chi connectivity index (χ3n) is 2.88. The van der Waals surface area contributed by atoms with E-state index in [9.17, 15) is 9.59 Å². The summed E-state index contributed by atoms with van der Waals surface area (Å²) in [6.07, 6.45) is 6.81. The van der Waals surface area contributed by atoms with E-state index in [1.54, 1.807) is 45.0 Å². The number of terminal acetylenes is 1. The Morgan fingerprint density at radius 1 is 1.24 bits per heavy atom. The highest BCUT2D eigenvalue weighted by Gasteiger charge is 2.31. The number of Topliss-reactive ketones (excluding diaryl/α,β-unsaturated/α-hetero) is 1. The molecule has 0 saturated heterocycles. The number of unbranched alkanes of at least 4 members (excludes halogenated alkanes) is 1.